The zero-order valence-electron chi connectivity index (χ0n) is 14.1. The van der Waals surface area contributed by atoms with Gasteiger partial charge in [-0.2, -0.15) is 0 Å². The SMILES string of the molecule is O=C1NC(=Nc2ccccc2Cl)SC1=Cc1ccc(-c2ccc(Cl)cc2Cl)o1. The third-order valence-electron chi connectivity index (χ3n) is 3.82. The number of benzene rings is 2. The lowest BCUT2D eigenvalue weighted by atomic mass is 10.2. The molecule has 1 saturated heterocycles. The number of carbonyl (C=O) groups is 1. The van der Waals surface area contributed by atoms with Crippen LogP contribution in [0.15, 0.2) is 68.9 Å². The summed E-state index contributed by atoms with van der Waals surface area (Å²) in [5.74, 6) is 0.859. The van der Waals surface area contributed by atoms with Crippen LogP contribution >= 0.6 is 46.6 Å². The summed E-state index contributed by atoms with van der Waals surface area (Å²) in [5, 5.41) is 4.73. The summed E-state index contributed by atoms with van der Waals surface area (Å²) in [6, 6.07) is 15.9. The van der Waals surface area contributed by atoms with Crippen LogP contribution in [0.1, 0.15) is 5.76 Å². The van der Waals surface area contributed by atoms with Crippen molar-refractivity contribution in [3.63, 3.8) is 0 Å². The summed E-state index contributed by atoms with van der Waals surface area (Å²) in [6.07, 6.45) is 1.66. The fourth-order valence-corrected chi connectivity index (χ4v) is 4.02. The van der Waals surface area contributed by atoms with Crippen molar-refractivity contribution < 1.29 is 9.21 Å². The molecule has 0 atom stereocenters. The number of thioether (sulfide) groups is 1. The highest BCUT2D eigenvalue weighted by atomic mass is 35.5. The molecule has 2 aromatic carbocycles. The molecule has 1 aliphatic heterocycles. The third kappa shape index (κ3) is 4.13. The topological polar surface area (TPSA) is 54.6 Å². The highest BCUT2D eigenvalue weighted by Gasteiger charge is 2.24. The van der Waals surface area contributed by atoms with Gasteiger partial charge in [-0.1, -0.05) is 46.9 Å². The summed E-state index contributed by atoms with van der Waals surface area (Å²) < 4.78 is 5.82. The van der Waals surface area contributed by atoms with E-state index in [2.05, 4.69) is 10.3 Å². The molecule has 28 heavy (non-hydrogen) atoms. The largest absolute Gasteiger partial charge is 0.457 e. The molecule has 8 heteroatoms. The Kier molecular flexibility index (Phi) is 5.51. The molecule has 1 aromatic heterocycles. The normalized spacial score (nSPS) is 16.8. The molecule has 2 heterocycles. The lowest BCUT2D eigenvalue weighted by molar-refractivity contribution is -0.115. The van der Waals surface area contributed by atoms with Crippen molar-refractivity contribution >= 4 is 69.4 Å². The number of amides is 1. The fraction of sp³-hybridized carbons (Fsp3) is 0. The Hall–Kier alpha value is -2.18. The van der Waals surface area contributed by atoms with Crippen LogP contribution in [0, 0.1) is 0 Å². The molecule has 0 unspecified atom stereocenters. The van der Waals surface area contributed by atoms with E-state index >= 15 is 0 Å². The third-order valence-corrected chi connectivity index (χ3v) is 5.60. The van der Waals surface area contributed by atoms with E-state index < -0.39 is 0 Å². The Morgan fingerprint density at radius 1 is 1.00 bits per heavy atom. The maximum absolute atomic E-state index is 12.2. The summed E-state index contributed by atoms with van der Waals surface area (Å²) >= 11 is 19.5. The van der Waals surface area contributed by atoms with Gasteiger partial charge in [-0.3, -0.25) is 4.79 Å². The van der Waals surface area contributed by atoms with Gasteiger partial charge < -0.3 is 9.73 Å². The number of amidine groups is 1. The van der Waals surface area contributed by atoms with Crippen LogP contribution in [0.3, 0.4) is 0 Å². The molecule has 0 spiro atoms. The number of nitrogens with zero attached hydrogens (tertiary/aromatic N) is 1. The van der Waals surface area contributed by atoms with Crippen LogP contribution in [0.25, 0.3) is 17.4 Å². The molecule has 4 rings (SSSR count). The van der Waals surface area contributed by atoms with Crippen molar-refractivity contribution in [2.45, 2.75) is 0 Å². The molecule has 1 aliphatic rings. The maximum Gasteiger partial charge on any atom is 0.264 e. The van der Waals surface area contributed by atoms with Gasteiger partial charge in [0.2, 0.25) is 0 Å². The van der Waals surface area contributed by atoms with Crippen LogP contribution in [-0.4, -0.2) is 11.1 Å². The summed E-state index contributed by atoms with van der Waals surface area (Å²) in [4.78, 5) is 17.1. The van der Waals surface area contributed by atoms with Gasteiger partial charge in [-0.25, -0.2) is 4.99 Å². The van der Waals surface area contributed by atoms with E-state index in [0.29, 0.717) is 42.3 Å². The van der Waals surface area contributed by atoms with E-state index in [1.807, 2.05) is 12.1 Å². The van der Waals surface area contributed by atoms with Crippen LogP contribution in [0.2, 0.25) is 15.1 Å². The van der Waals surface area contributed by atoms with Crippen molar-refractivity contribution in [1.82, 2.24) is 5.32 Å². The van der Waals surface area contributed by atoms with Crippen LogP contribution < -0.4 is 5.32 Å². The number of carbonyl (C=O) groups excluding carboxylic acids is 1. The second kappa shape index (κ2) is 8.05. The molecule has 4 nitrogen and oxygen atoms in total. The molecule has 1 amide bonds. The lowest BCUT2D eigenvalue weighted by Gasteiger charge is -2.00. The Morgan fingerprint density at radius 2 is 1.82 bits per heavy atom. The predicted octanol–water partition coefficient (Wildman–Crippen LogP) is 6.80. The Bertz CT molecular complexity index is 1140. The van der Waals surface area contributed by atoms with Crippen LogP contribution in [-0.2, 0) is 4.79 Å². The number of para-hydroxylation sites is 1. The molecule has 0 aliphatic carbocycles. The Labute approximate surface area is 180 Å². The number of rotatable bonds is 3. The standard InChI is InChI=1S/C20H11Cl3N2O2S/c21-11-5-7-13(15(23)9-11)17-8-6-12(27-17)10-18-19(26)25-20(28-18)24-16-4-2-1-3-14(16)22/h1-10H,(H,24,25,26). The van der Waals surface area contributed by atoms with E-state index in [1.54, 1.807) is 48.5 Å². The van der Waals surface area contributed by atoms with Gasteiger partial charge in [0, 0.05) is 16.7 Å². The minimum absolute atomic E-state index is 0.252. The number of furan rings is 1. The molecular weight excluding hydrogens is 439 g/mol. The molecular formula is C20H11Cl3N2O2S. The van der Waals surface area contributed by atoms with Gasteiger partial charge in [-0.15, -0.1) is 0 Å². The molecule has 140 valence electrons. The fourth-order valence-electron chi connectivity index (χ4n) is 2.53. The first-order valence-electron chi connectivity index (χ1n) is 8.09. The number of aliphatic imine (C=N–C) groups is 1. The Balaban J connectivity index is 1.57. The maximum atomic E-state index is 12.2. The van der Waals surface area contributed by atoms with E-state index in [0.717, 1.165) is 5.56 Å². The summed E-state index contributed by atoms with van der Waals surface area (Å²) in [7, 11) is 0. The average Bonchev–Trinajstić information content (AvgIpc) is 3.24. The first kappa shape index (κ1) is 19.2. The van der Waals surface area contributed by atoms with Gasteiger partial charge in [-0.05, 0) is 54.2 Å². The van der Waals surface area contributed by atoms with Crippen molar-refractivity contribution in [3.8, 4) is 11.3 Å². The number of nitrogens with one attached hydrogen (secondary N) is 1. The number of halogens is 3. The Morgan fingerprint density at radius 3 is 2.61 bits per heavy atom. The summed E-state index contributed by atoms with van der Waals surface area (Å²) in [6.45, 7) is 0. The van der Waals surface area contributed by atoms with Gasteiger partial charge in [0.15, 0.2) is 5.17 Å². The lowest BCUT2D eigenvalue weighted by Crippen LogP contribution is -2.19. The second-order valence-electron chi connectivity index (χ2n) is 5.76. The van der Waals surface area contributed by atoms with Crippen LogP contribution in [0.4, 0.5) is 5.69 Å². The first-order valence-corrected chi connectivity index (χ1v) is 10.0. The first-order chi connectivity index (χ1) is 13.5. The monoisotopic (exact) mass is 448 g/mol. The van der Waals surface area contributed by atoms with E-state index in [4.69, 9.17) is 39.2 Å². The van der Waals surface area contributed by atoms with Gasteiger partial charge >= 0.3 is 0 Å². The van der Waals surface area contributed by atoms with Crippen molar-refractivity contribution in [1.29, 1.82) is 0 Å². The molecule has 3 aromatic rings. The summed E-state index contributed by atoms with van der Waals surface area (Å²) in [5.41, 5.74) is 1.31. The van der Waals surface area contributed by atoms with E-state index in [-0.39, 0.29) is 5.91 Å². The zero-order chi connectivity index (χ0) is 19.7. The van der Waals surface area contributed by atoms with Gasteiger partial charge in [0.05, 0.1) is 20.6 Å². The van der Waals surface area contributed by atoms with Crippen molar-refractivity contribution in [2.24, 2.45) is 4.99 Å². The minimum atomic E-state index is -0.252. The molecule has 1 fully saturated rings. The zero-order valence-corrected chi connectivity index (χ0v) is 17.2. The number of hydrogen-bond acceptors (Lipinski definition) is 4. The van der Waals surface area contributed by atoms with Gasteiger partial charge in [0.1, 0.15) is 11.5 Å². The molecule has 0 bridgehead atoms. The van der Waals surface area contributed by atoms with Crippen LogP contribution in [0.5, 0.6) is 0 Å². The van der Waals surface area contributed by atoms with Crippen molar-refractivity contribution in [3.05, 3.63) is 80.3 Å². The van der Waals surface area contributed by atoms with E-state index in [9.17, 15) is 4.79 Å². The molecule has 1 N–H and O–H groups in total. The highest BCUT2D eigenvalue weighted by Crippen LogP contribution is 2.34. The highest BCUT2D eigenvalue weighted by molar-refractivity contribution is 8.18. The predicted molar refractivity (Wildman–Crippen MR) is 116 cm³/mol. The average molecular weight is 450 g/mol. The quantitative estimate of drug-likeness (QED) is 0.447. The van der Waals surface area contributed by atoms with Gasteiger partial charge in [0.25, 0.3) is 5.91 Å². The molecule has 0 radical (unpaired) electrons. The van der Waals surface area contributed by atoms with E-state index in [1.165, 1.54) is 11.8 Å². The second-order valence-corrected chi connectivity index (χ2v) is 8.04. The minimum Gasteiger partial charge on any atom is -0.457 e. The van der Waals surface area contributed by atoms with Crippen molar-refractivity contribution in [2.75, 3.05) is 0 Å². The molecule has 0 saturated carbocycles. The number of hydrogen-bond donors (Lipinski definition) is 1. The smallest absolute Gasteiger partial charge is 0.264 e.